The van der Waals surface area contributed by atoms with E-state index in [1.165, 1.54) is 19.2 Å². The molecule has 2 rings (SSSR count). The smallest absolute Gasteiger partial charge is 0.317 e. The van der Waals surface area contributed by atoms with Crippen LogP contribution in [0.3, 0.4) is 0 Å². The summed E-state index contributed by atoms with van der Waals surface area (Å²) in [5.74, 6) is -0.576. The molecule has 122 valence electrons. The van der Waals surface area contributed by atoms with E-state index in [0.717, 1.165) is 24.9 Å². The Morgan fingerprint density at radius 1 is 1.45 bits per heavy atom. The highest BCUT2D eigenvalue weighted by molar-refractivity contribution is 5.69. The first-order chi connectivity index (χ1) is 10.5. The lowest BCUT2D eigenvalue weighted by Crippen LogP contribution is -2.53. The number of hydrogen-bond acceptors (Lipinski definition) is 4. The lowest BCUT2D eigenvalue weighted by atomic mass is 9.85. The molecule has 0 bridgehead atoms. The summed E-state index contributed by atoms with van der Waals surface area (Å²) in [5.41, 5.74) is 0.846. The van der Waals surface area contributed by atoms with Gasteiger partial charge in [0.2, 0.25) is 0 Å². The molecule has 0 heterocycles. The summed E-state index contributed by atoms with van der Waals surface area (Å²) >= 11 is 0. The van der Waals surface area contributed by atoms with Crippen molar-refractivity contribution in [3.05, 3.63) is 29.6 Å². The Morgan fingerprint density at radius 2 is 2.18 bits per heavy atom. The molecule has 2 N–H and O–H groups in total. The predicted molar refractivity (Wildman–Crippen MR) is 81.5 cm³/mol. The molecule has 1 saturated carbocycles. The van der Waals surface area contributed by atoms with E-state index < -0.39 is 5.97 Å². The van der Waals surface area contributed by atoms with Crippen molar-refractivity contribution in [2.45, 2.75) is 38.4 Å². The highest BCUT2D eigenvalue weighted by atomic mass is 19.1. The monoisotopic (exact) mass is 310 g/mol. The first-order valence-corrected chi connectivity index (χ1v) is 7.54. The average molecular weight is 310 g/mol. The molecular formula is C16H23FN2O3. The first kappa shape index (κ1) is 16.7. The van der Waals surface area contributed by atoms with Crippen LogP contribution in [0.4, 0.5) is 4.39 Å². The number of rotatable bonds is 8. The summed E-state index contributed by atoms with van der Waals surface area (Å²) in [6.07, 6.45) is 1.85. The quantitative estimate of drug-likeness (QED) is 0.767. The largest absolute Gasteiger partial charge is 0.497 e. The number of nitrogens with one attached hydrogen (secondary N) is 1. The SMILES string of the molecule is CCN(CC(=O)O)C1CC(NCc2cc(F)cc(OC)c2)C1. The zero-order chi connectivity index (χ0) is 16.1. The van der Waals surface area contributed by atoms with Crippen LogP contribution < -0.4 is 10.1 Å². The Balaban J connectivity index is 1.78. The molecule has 0 radical (unpaired) electrons. The van der Waals surface area contributed by atoms with Gasteiger partial charge in [0, 0.05) is 24.7 Å². The average Bonchev–Trinajstić information content (AvgIpc) is 2.43. The van der Waals surface area contributed by atoms with Crippen molar-refractivity contribution in [2.75, 3.05) is 20.2 Å². The number of carboxylic acids is 1. The second-order valence-electron chi connectivity index (χ2n) is 5.66. The van der Waals surface area contributed by atoms with Crippen molar-refractivity contribution >= 4 is 5.97 Å². The van der Waals surface area contributed by atoms with E-state index >= 15 is 0 Å². The molecule has 1 aliphatic carbocycles. The van der Waals surface area contributed by atoms with Crippen molar-refractivity contribution in [1.82, 2.24) is 10.2 Å². The van der Waals surface area contributed by atoms with Crippen LogP contribution in [0.5, 0.6) is 5.75 Å². The Labute approximate surface area is 130 Å². The number of halogens is 1. The molecule has 22 heavy (non-hydrogen) atoms. The minimum Gasteiger partial charge on any atom is -0.497 e. The maximum absolute atomic E-state index is 13.4. The van der Waals surface area contributed by atoms with Gasteiger partial charge in [0.25, 0.3) is 0 Å². The molecule has 1 aromatic rings. The van der Waals surface area contributed by atoms with Crippen molar-refractivity contribution in [3.8, 4) is 5.75 Å². The Bertz CT molecular complexity index is 518. The van der Waals surface area contributed by atoms with E-state index in [4.69, 9.17) is 9.84 Å². The lowest BCUT2D eigenvalue weighted by Gasteiger charge is -2.42. The molecule has 5 nitrogen and oxygen atoms in total. The summed E-state index contributed by atoms with van der Waals surface area (Å²) in [4.78, 5) is 12.8. The van der Waals surface area contributed by atoms with Crippen LogP contribution in [0.25, 0.3) is 0 Å². The fourth-order valence-corrected chi connectivity index (χ4v) is 2.83. The van der Waals surface area contributed by atoms with Crippen LogP contribution in [0.1, 0.15) is 25.3 Å². The van der Waals surface area contributed by atoms with Crippen LogP contribution in [0.15, 0.2) is 18.2 Å². The van der Waals surface area contributed by atoms with Crippen LogP contribution in [0.2, 0.25) is 0 Å². The normalized spacial score (nSPS) is 20.7. The Morgan fingerprint density at radius 3 is 2.77 bits per heavy atom. The van der Waals surface area contributed by atoms with Gasteiger partial charge in [-0.1, -0.05) is 6.92 Å². The molecule has 0 aromatic heterocycles. The summed E-state index contributed by atoms with van der Waals surface area (Å²) in [5, 5.41) is 12.3. The number of aliphatic carboxylic acids is 1. The van der Waals surface area contributed by atoms with Gasteiger partial charge in [0.05, 0.1) is 13.7 Å². The third kappa shape index (κ3) is 4.42. The summed E-state index contributed by atoms with van der Waals surface area (Å²) in [7, 11) is 1.52. The summed E-state index contributed by atoms with van der Waals surface area (Å²) in [6, 6.07) is 5.33. The second kappa shape index (κ2) is 7.56. The lowest BCUT2D eigenvalue weighted by molar-refractivity contribution is -0.139. The standard InChI is InChI=1S/C16H23FN2O3/c1-3-19(10-16(20)21)14-7-13(8-14)18-9-11-4-12(17)6-15(5-11)22-2/h4-6,13-14,18H,3,7-10H2,1-2H3,(H,20,21). The first-order valence-electron chi connectivity index (χ1n) is 7.54. The number of carbonyl (C=O) groups is 1. The minimum atomic E-state index is -0.787. The van der Waals surface area contributed by atoms with Crippen LogP contribution in [0, 0.1) is 5.82 Å². The van der Waals surface area contributed by atoms with E-state index in [9.17, 15) is 9.18 Å². The molecule has 0 aliphatic heterocycles. The number of carboxylic acid groups (broad SMARTS) is 1. The molecule has 0 spiro atoms. The van der Waals surface area contributed by atoms with E-state index in [1.807, 2.05) is 17.9 Å². The molecule has 0 atom stereocenters. The predicted octanol–water partition coefficient (Wildman–Crippen LogP) is 1.86. The van der Waals surface area contributed by atoms with Gasteiger partial charge in [-0.3, -0.25) is 9.69 Å². The number of methoxy groups -OCH3 is 1. The Hall–Kier alpha value is -1.66. The molecular weight excluding hydrogens is 287 g/mol. The van der Waals surface area contributed by atoms with Crippen molar-refractivity contribution in [3.63, 3.8) is 0 Å². The van der Waals surface area contributed by atoms with Gasteiger partial charge >= 0.3 is 5.97 Å². The molecule has 6 heteroatoms. The van der Waals surface area contributed by atoms with Crippen molar-refractivity contribution in [2.24, 2.45) is 0 Å². The number of likely N-dealkylation sites (N-methyl/N-ethyl adjacent to an activating group) is 1. The maximum atomic E-state index is 13.4. The van der Waals surface area contributed by atoms with Gasteiger partial charge in [-0.15, -0.1) is 0 Å². The van der Waals surface area contributed by atoms with E-state index in [0.29, 0.717) is 24.4 Å². The van der Waals surface area contributed by atoms with Gasteiger partial charge in [-0.05, 0) is 37.1 Å². The molecule has 1 aromatic carbocycles. The van der Waals surface area contributed by atoms with E-state index in [2.05, 4.69) is 5.32 Å². The third-order valence-corrected chi connectivity index (χ3v) is 4.14. The zero-order valence-corrected chi connectivity index (χ0v) is 13.0. The minimum absolute atomic E-state index is 0.0922. The van der Waals surface area contributed by atoms with Gasteiger partial charge in [-0.2, -0.15) is 0 Å². The topological polar surface area (TPSA) is 61.8 Å². The van der Waals surface area contributed by atoms with Gasteiger partial charge in [-0.25, -0.2) is 4.39 Å². The summed E-state index contributed by atoms with van der Waals surface area (Å²) < 4.78 is 18.5. The number of hydrogen-bond donors (Lipinski definition) is 2. The maximum Gasteiger partial charge on any atom is 0.317 e. The zero-order valence-electron chi connectivity index (χ0n) is 13.0. The number of nitrogens with zero attached hydrogens (tertiary/aromatic N) is 1. The van der Waals surface area contributed by atoms with Gasteiger partial charge in [0.1, 0.15) is 11.6 Å². The fourth-order valence-electron chi connectivity index (χ4n) is 2.83. The van der Waals surface area contributed by atoms with E-state index in [1.54, 1.807) is 0 Å². The van der Waals surface area contributed by atoms with Gasteiger partial charge in [0.15, 0.2) is 0 Å². The highest BCUT2D eigenvalue weighted by Gasteiger charge is 2.33. The second-order valence-corrected chi connectivity index (χ2v) is 5.66. The van der Waals surface area contributed by atoms with Crippen LogP contribution >= 0.6 is 0 Å². The van der Waals surface area contributed by atoms with Crippen molar-refractivity contribution < 1.29 is 19.0 Å². The number of benzene rings is 1. The van der Waals surface area contributed by atoms with Crippen LogP contribution in [-0.4, -0.2) is 48.3 Å². The highest BCUT2D eigenvalue weighted by Crippen LogP contribution is 2.26. The van der Waals surface area contributed by atoms with Crippen LogP contribution in [-0.2, 0) is 11.3 Å². The molecule has 1 aliphatic rings. The molecule has 0 unspecified atom stereocenters. The van der Waals surface area contributed by atoms with E-state index in [-0.39, 0.29) is 12.4 Å². The van der Waals surface area contributed by atoms with Crippen molar-refractivity contribution in [1.29, 1.82) is 0 Å². The number of ether oxygens (including phenoxy) is 1. The molecule has 1 fully saturated rings. The molecule has 0 saturated heterocycles. The molecule has 0 amide bonds. The van der Waals surface area contributed by atoms with Gasteiger partial charge < -0.3 is 15.2 Å². The third-order valence-electron chi connectivity index (χ3n) is 4.14. The summed E-state index contributed by atoms with van der Waals surface area (Å²) in [6.45, 7) is 3.39. The Kier molecular flexibility index (Phi) is 5.74. The fraction of sp³-hybridized carbons (Fsp3) is 0.562.